The van der Waals surface area contributed by atoms with Gasteiger partial charge in [-0.25, -0.2) is 13.2 Å². The molecule has 3 aromatic carbocycles. The summed E-state index contributed by atoms with van der Waals surface area (Å²) in [7, 11) is 0. The van der Waals surface area contributed by atoms with Gasteiger partial charge >= 0.3 is 6.11 Å². The molecule has 0 aliphatic heterocycles. The molecule has 0 unspecified atom stereocenters. The van der Waals surface area contributed by atoms with E-state index < -0.39 is 34.9 Å². The topological polar surface area (TPSA) is 9.23 Å². The van der Waals surface area contributed by atoms with Crippen LogP contribution in [0.25, 0.3) is 11.1 Å². The van der Waals surface area contributed by atoms with Gasteiger partial charge in [0.1, 0.15) is 23.2 Å². The average Bonchev–Trinajstić information content (AvgIpc) is 2.74. The molecule has 1 nitrogen and oxygen atoms in total. The van der Waals surface area contributed by atoms with Crippen LogP contribution < -0.4 is 4.74 Å². The second-order valence-electron chi connectivity index (χ2n) is 8.94. The first-order chi connectivity index (χ1) is 15.6. The van der Waals surface area contributed by atoms with Gasteiger partial charge in [0.15, 0.2) is 0 Å². The van der Waals surface area contributed by atoms with Gasteiger partial charge in [0.2, 0.25) is 0 Å². The zero-order valence-electron chi connectivity index (χ0n) is 18.5. The monoisotopic (exact) mass is 460 g/mol. The second-order valence-corrected chi connectivity index (χ2v) is 8.94. The summed E-state index contributed by atoms with van der Waals surface area (Å²) < 4.78 is 78.0. The smallest absolute Gasteiger partial charge is 0.429 e. The van der Waals surface area contributed by atoms with E-state index in [0.717, 1.165) is 42.7 Å². The Morgan fingerprint density at radius 3 is 1.91 bits per heavy atom. The number of halogens is 5. The molecule has 0 saturated heterocycles. The van der Waals surface area contributed by atoms with E-state index in [1.54, 1.807) is 12.1 Å². The highest BCUT2D eigenvalue weighted by Gasteiger charge is 2.38. The van der Waals surface area contributed by atoms with Gasteiger partial charge in [0, 0.05) is 17.7 Å². The molecule has 1 aliphatic rings. The Balaban J connectivity index is 1.56. The van der Waals surface area contributed by atoms with E-state index in [2.05, 4.69) is 11.7 Å². The molecule has 0 amide bonds. The van der Waals surface area contributed by atoms with Gasteiger partial charge in [-0.2, -0.15) is 8.78 Å². The van der Waals surface area contributed by atoms with Crippen molar-refractivity contribution in [1.82, 2.24) is 0 Å². The van der Waals surface area contributed by atoms with E-state index in [9.17, 15) is 22.0 Å². The third-order valence-electron chi connectivity index (χ3n) is 6.39. The second kappa shape index (κ2) is 9.16. The fourth-order valence-electron chi connectivity index (χ4n) is 4.44. The van der Waals surface area contributed by atoms with Gasteiger partial charge < -0.3 is 4.74 Å². The largest absolute Gasteiger partial charge is 0.429 e. The molecule has 0 aromatic heterocycles. The minimum absolute atomic E-state index is 0.0915. The van der Waals surface area contributed by atoms with Crippen molar-refractivity contribution in [1.29, 1.82) is 0 Å². The summed E-state index contributed by atoms with van der Waals surface area (Å²) in [6.45, 7) is 3.99. The summed E-state index contributed by atoms with van der Waals surface area (Å²) >= 11 is 0. The fourth-order valence-corrected chi connectivity index (χ4v) is 4.44. The SMILES string of the molecule is Cc1ccc(-c2ccc(C(F)(F)Oc3cc(F)c(C4CCC(C)CC4)c(F)c3)c(F)c2)cc1. The number of rotatable bonds is 5. The van der Waals surface area contributed by atoms with Crippen LogP contribution in [-0.4, -0.2) is 0 Å². The molecule has 6 heteroatoms. The van der Waals surface area contributed by atoms with Crippen LogP contribution in [0.15, 0.2) is 54.6 Å². The Morgan fingerprint density at radius 1 is 0.758 bits per heavy atom. The van der Waals surface area contributed by atoms with E-state index in [0.29, 0.717) is 29.9 Å². The average molecular weight is 460 g/mol. The van der Waals surface area contributed by atoms with Crippen LogP contribution in [0.2, 0.25) is 0 Å². The lowest BCUT2D eigenvalue weighted by atomic mass is 9.79. The quantitative estimate of drug-likeness (QED) is 0.347. The predicted octanol–water partition coefficient (Wildman–Crippen LogP) is 8.50. The lowest BCUT2D eigenvalue weighted by Crippen LogP contribution is -2.24. The number of benzene rings is 3. The van der Waals surface area contributed by atoms with Crippen molar-refractivity contribution in [3.05, 3.63) is 88.7 Å². The molecule has 0 bridgehead atoms. The van der Waals surface area contributed by atoms with E-state index in [-0.39, 0.29) is 11.5 Å². The van der Waals surface area contributed by atoms with Gasteiger partial charge in [0.25, 0.3) is 0 Å². The van der Waals surface area contributed by atoms with Crippen LogP contribution in [0.4, 0.5) is 22.0 Å². The summed E-state index contributed by atoms with van der Waals surface area (Å²) in [6, 6.07) is 12.0. The molecule has 0 heterocycles. The first-order valence-corrected chi connectivity index (χ1v) is 11.1. The number of hydrogen-bond donors (Lipinski definition) is 0. The van der Waals surface area contributed by atoms with Crippen LogP contribution >= 0.6 is 0 Å². The number of ether oxygens (including phenoxy) is 1. The van der Waals surface area contributed by atoms with Gasteiger partial charge in [-0.1, -0.05) is 55.7 Å². The number of alkyl halides is 2. The molecule has 1 aliphatic carbocycles. The Labute approximate surface area is 190 Å². The normalized spacial score (nSPS) is 18.9. The predicted molar refractivity (Wildman–Crippen MR) is 118 cm³/mol. The molecule has 0 N–H and O–H groups in total. The molecule has 174 valence electrons. The minimum Gasteiger partial charge on any atom is -0.429 e. The Morgan fingerprint density at radius 2 is 1.33 bits per heavy atom. The lowest BCUT2D eigenvalue weighted by molar-refractivity contribution is -0.187. The van der Waals surface area contributed by atoms with Crippen molar-refractivity contribution in [2.45, 2.75) is 51.6 Å². The molecule has 3 aromatic rings. The van der Waals surface area contributed by atoms with Crippen molar-refractivity contribution in [2.75, 3.05) is 0 Å². The van der Waals surface area contributed by atoms with Crippen molar-refractivity contribution in [3.63, 3.8) is 0 Å². The highest BCUT2D eigenvalue weighted by molar-refractivity contribution is 5.64. The molecule has 0 atom stereocenters. The Kier molecular flexibility index (Phi) is 6.46. The number of hydrogen-bond acceptors (Lipinski definition) is 1. The van der Waals surface area contributed by atoms with Crippen LogP contribution in [-0.2, 0) is 6.11 Å². The molecular formula is C27H25F5O. The Hall–Kier alpha value is -2.89. The summed E-state index contributed by atoms with van der Waals surface area (Å²) in [5.41, 5.74) is 1.01. The van der Waals surface area contributed by atoms with Gasteiger partial charge in [-0.15, -0.1) is 0 Å². The van der Waals surface area contributed by atoms with Gasteiger partial charge in [0.05, 0.1) is 5.56 Å². The summed E-state index contributed by atoms with van der Waals surface area (Å²) in [4.78, 5) is 0. The molecule has 0 spiro atoms. The highest BCUT2D eigenvalue weighted by atomic mass is 19.3. The van der Waals surface area contributed by atoms with Gasteiger partial charge in [-0.3, -0.25) is 0 Å². The third kappa shape index (κ3) is 5.05. The lowest BCUT2D eigenvalue weighted by Gasteiger charge is -2.27. The van der Waals surface area contributed by atoms with Crippen LogP contribution in [0.3, 0.4) is 0 Å². The van der Waals surface area contributed by atoms with E-state index >= 15 is 0 Å². The molecule has 33 heavy (non-hydrogen) atoms. The van der Waals surface area contributed by atoms with E-state index in [4.69, 9.17) is 0 Å². The summed E-state index contributed by atoms with van der Waals surface area (Å²) in [5.74, 6) is -3.49. The van der Waals surface area contributed by atoms with Crippen LogP contribution in [0.5, 0.6) is 5.75 Å². The van der Waals surface area contributed by atoms with Crippen molar-refractivity contribution in [3.8, 4) is 16.9 Å². The van der Waals surface area contributed by atoms with Gasteiger partial charge in [-0.05, 0) is 54.9 Å². The Bertz CT molecular complexity index is 1110. The highest BCUT2D eigenvalue weighted by Crippen LogP contribution is 2.40. The summed E-state index contributed by atoms with van der Waals surface area (Å²) in [6.07, 6.45) is -1.11. The molecule has 0 radical (unpaired) electrons. The molecule has 4 rings (SSSR count). The first kappa shape index (κ1) is 23.3. The third-order valence-corrected chi connectivity index (χ3v) is 6.39. The van der Waals surface area contributed by atoms with Crippen molar-refractivity contribution < 1.29 is 26.7 Å². The van der Waals surface area contributed by atoms with Crippen molar-refractivity contribution >= 4 is 0 Å². The number of aryl methyl sites for hydroxylation is 1. The first-order valence-electron chi connectivity index (χ1n) is 11.1. The van der Waals surface area contributed by atoms with Crippen LogP contribution in [0, 0.1) is 30.3 Å². The van der Waals surface area contributed by atoms with Crippen molar-refractivity contribution in [2.24, 2.45) is 5.92 Å². The molecular weight excluding hydrogens is 435 g/mol. The standard InChI is InChI=1S/C27H25F5O/c1-16-3-7-18(8-4-16)20-11-12-22(23(28)13-20)27(31,32)33-21-14-24(29)26(25(30)15-21)19-9-5-17(2)6-10-19/h3-4,7-8,11-15,17,19H,5-6,9-10H2,1-2H3. The van der Waals surface area contributed by atoms with E-state index in [1.807, 2.05) is 19.1 Å². The maximum atomic E-state index is 14.7. The molecule has 1 fully saturated rings. The zero-order chi connectivity index (χ0) is 23.8. The molecule has 1 saturated carbocycles. The van der Waals surface area contributed by atoms with E-state index in [1.165, 1.54) is 6.07 Å². The van der Waals surface area contributed by atoms with Crippen LogP contribution in [0.1, 0.15) is 55.2 Å². The zero-order valence-corrected chi connectivity index (χ0v) is 18.5. The summed E-state index contributed by atoms with van der Waals surface area (Å²) in [5, 5.41) is 0. The minimum atomic E-state index is -4.11. The maximum absolute atomic E-state index is 14.7. The maximum Gasteiger partial charge on any atom is 0.429 e. The fraction of sp³-hybridized carbons (Fsp3) is 0.333.